The number of aryl methyl sites for hydroxylation is 2. The number of aromatic amines is 1. The Balaban J connectivity index is 1.68. The molecule has 4 aromatic rings. The number of pyridine rings is 1. The van der Waals surface area contributed by atoms with Crippen molar-refractivity contribution in [3.63, 3.8) is 0 Å². The van der Waals surface area contributed by atoms with Gasteiger partial charge in [0, 0.05) is 34.4 Å². The van der Waals surface area contributed by atoms with E-state index >= 15 is 0 Å². The summed E-state index contributed by atoms with van der Waals surface area (Å²) in [5.74, 6) is -0.956. The van der Waals surface area contributed by atoms with Crippen LogP contribution in [0, 0.1) is 26.6 Å². The molecule has 2 heterocycles. The van der Waals surface area contributed by atoms with Crippen LogP contribution in [-0.2, 0) is 9.84 Å². The van der Waals surface area contributed by atoms with E-state index in [9.17, 15) is 22.4 Å². The first kappa shape index (κ1) is 24.8. The van der Waals surface area contributed by atoms with E-state index in [4.69, 9.17) is 0 Å². The maximum Gasteiger partial charge on any atom is 0.256 e. The zero-order chi connectivity index (χ0) is 26.6. The zero-order valence-corrected chi connectivity index (χ0v) is 21.6. The van der Waals surface area contributed by atoms with Crippen molar-refractivity contribution in [1.82, 2.24) is 20.5 Å². The van der Waals surface area contributed by atoms with Crippen LogP contribution >= 0.6 is 0 Å². The molecule has 0 radical (unpaired) electrons. The van der Waals surface area contributed by atoms with Crippen molar-refractivity contribution in [3.8, 4) is 22.4 Å². The van der Waals surface area contributed by atoms with Gasteiger partial charge in [0.15, 0.2) is 9.84 Å². The number of benzene rings is 2. The van der Waals surface area contributed by atoms with Crippen molar-refractivity contribution in [1.29, 1.82) is 0 Å². The lowest BCUT2D eigenvalue weighted by Crippen LogP contribution is -2.25. The van der Waals surface area contributed by atoms with Crippen molar-refractivity contribution in [2.24, 2.45) is 0 Å². The van der Waals surface area contributed by atoms with E-state index < -0.39 is 21.2 Å². The fraction of sp³-hybridized carbons (Fsp3) is 0.259. The van der Waals surface area contributed by atoms with Gasteiger partial charge in [0.25, 0.3) is 11.5 Å². The highest BCUT2D eigenvalue weighted by Gasteiger charge is 2.25. The van der Waals surface area contributed by atoms with Gasteiger partial charge in [-0.05, 0) is 80.6 Å². The van der Waals surface area contributed by atoms with Crippen LogP contribution in [0.1, 0.15) is 40.0 Å². The summed E-state index contributed by atoms with van der Waals surface area (Å²) in [6, 6.07) is 9.13. The van der Waals surface area contributed by atoms with E-state index in [-0.39, 0.29) is 33.5 Å². The van der Waals surface area contributed by atoms with Crippen molar-refractivity contribution < 1.29 is 17.6 Å². The number of nitrogens with zero attached hydrogens (tertiary/aromatic N) is 2. The van der Waals surface area contributed by atoms with Gasteiger partial charge in [-0.1, -0.05) is 6.07 Å². The summed E-state index contributed by atoms with van der Waals surface area (Å²) in [4.78, 5) is 29.0. The molecule has 2 N–H and O–H groups in total. The van der Waals surface area contributed by atoms with Crippen molar-refractivity contribution in [3.05, 3.63) is 75.0 Å². The maximum absolute atomic E-state index is 14.9. The Hall–Kier alpha value is -3.92. The lowest BCUT2D eigenvalue weighted by Gasteiger charge is -2.14. The molecule has 0 atom stereocenters. The number of carbonyl (C=O) groups is 1. The highest BCUT2D eigenvalue weighted by atomic mass is 32.2. The zero-order valence-electron chi connectivity index (χ0n) is 20.8. The topological polar surface area (TPSA) is 122 Å². The lowest BCUT2D eigenvalue weighted by molar-refractivity contribution is 0.0950. The van der Waals surface area contributed by atoms with Gasteiger partial charge in [-0.25, -0.2) is 12.8 Å². The Morgan fingerprint density at radius 3 is 2.41 bits per heavy atom. The summed E-state index contributed by atoms with van der Waals surface area (Å²) in [6.07, 6.45) is 2.93. The summed E-state index contributed by atoms with van der Waals surface area (Å²) in [7, 11) is -3.39. The molecular weight excluding hydrogens is 495 g/mol. The Bertz CT molecular complexity index is 1780. The molecule has 1 aliphatic rings. The highest BCUT2D eigenvalue weighted by molar-refractivity contribution is 7.90. The molecule has 0 unspecified atom stereocenters. The standard InChI is InChI=1S/C27H25FN4O4S/c1-13-9-18(37(4,35)36)7-8-19(13)25-24-21(15(3)31-32-25)12-22(27(34)30-24)20-10-16(11-23(28)14(20)2)26(33)29-17-5-6-17/h7-12,17H,5-6H2,1-4H3,(H,29,33)(H,30,34). The third kappa shape index (κ3) is 4.64. The third-order valence-corrected chi connectivity index (χ3v) is 7.77. The monoisotopic (exact) mass is 520 g/mol. The van der Waals surface area contributed by atoms with E-state index in [1.54, 1.807) is 39.0 Å². The molecule has 37 heavy (non-hydrogen) atoms. The maximum atomic E-state index is 14.9. The van der Waals surface area contributed by atoms with E-state index in [1.807, 2.05) is 0 Å². The first-order chi connectivity index (χ1) is 17.4. The summed E-state index contributed by atoms with van der Waals surface area (Å²) >= 11 is 0. The number of amides is 1. The molecule has 1 saturated carbocycles. The van der Waals surface area contributed by atoms with Gasteiger partial charge in [-0.2, -0.15) is 5.10 Å². The summed E-state index contributed by atoms with van der Waals surface area (Å²) in [6.45, 7) is 5.06. The molecule has 5 rings (SSSR count). The molecule has 0 bridgehead atoms. The number of nitrogens with one attached hydrogen (secondary N) is 2. The van der Waals surface area contributed by atoms with Crippen LogP contribution in [0.25, 0.3) is 33.3 Å². The van der Waals surface area contributed by atoms with Gasteiger partial charge in [-0.15, -0.1) is 5.10 Å². The summed E-state index contributed by atoms with van der Waals surface area (Å²) in [5.41, 5.74) is 3.08. The Kier molecular flexibility index (Phi) is 5.94. The SMILES string of the molecule is Cc1cc(S(C)(=O)=O)ccc1-c1nnc(C)c2cc(-c3cc(C(=O)NC4CC4)cc(F)c3C)c(=O)[nH]c12. The van der Waals surface area contributed by atoms with E-state index in [1.165, 1.54) is 18.2 Å². The molecule has 1 amide bonds. The number of sulfone groups is 1. The van der Waals surface area contributed by atoms with Crippen LogP contribution in [0.2, 0.25) is 0 Å². The van der Waals surface area contributed by atoms with Crippen LogP contribution in [0.15, 0.2) is 46.1 Å². The molecule has 0 spiro atoms. The Labute approximate surface area is 212 Å². The summed E-state index contributed by atoms with van der Waals surface area (Å²) in [5, 5.41) is 12.0. The number of hydrogen-bond donors (Lipinski definition) is 2. The smallest absolute Gasteiger partial charge is 0.256 e. The number of halogens is 1. The Morgan fingerprint density at radius 2 is 1.76 bits per heavy atom. The van der Waals surface area contributed by atoms with Crippen LogP contribution in [0.4, 0.5) is 4.39 Å². The predicted octanol–water partition coefficient (Wildman–Crippen LogP) is 4.01. The molecule has 190 valence electrons. The molecule has 1 fully saturated rings. The normalized spacial score (nSPS) is 13.6. The number of hydrogen-bond acceptors (Lipinski definition) is 6. The number of aromatic nitrogens is 3. The van der Waals surface area contributed by atoms with Gasteiger partial charge < -0.3 is 10.3 Å². The minimum Gasteiger partial charge on any atom is -0.349 e. The van der Waals surface area contributed by atoms with Gasteiger partial charge in [0.2, 0.25) is 0 Å². The van der Waals surface area contributed by atoms with Crippen molar-refractivity contribution >= 4 is 26.6 Å². The second-order valence-corrected chi connectivity index (χ2v) is 11.6. The Morgan fingerprint density at radius 1 is 1.03 bits per heavy atom. The van der Waals surface area contributed by atoms with Crippen molar-refractivity contribution in [2.45, 2.75) is 44.6 Å². The third-order valence-electron chi connectivity index (χ3n) is 6.66. The molecule has 8 nitrogen and oxygen atoms in total. The molecule has 2 aromatic carbocycles. The van der Waals surface area contributed by atoms with Crippen LogP contribution in [0.3, 0.4) is 0 Å². The highest BCUT2D eigenvalue weighted by Crippen LogP contribution is 2.32. The average Bonchev–Trinajstić information content (AvgIpc) is 3.64. The number of rotatable bonds is 5. The summed E-state index contributed by atoms with van der Waals surface area (Å²) < 4.78 is 38.8. The molecule has 2 aromatic heterocycles. The molecule has 0 aliphatic heterocycles. The first-order valence-corrected chi connectivity index (χ1v) is 13.7. The predicted molar refractivity (Wildman–Crippen MR) is 139 cm³/mol. The van der Waals surface area contributed by atoms with E-state index in [0.29, 0.717) is 39.0 Å². The van der Waals surface area contributed by atoms with Gasteiger partial charge in [-0.3, -0.25) is 9.59 Å². The second-order valence-electron chi connectivity index (χ2n) is 9.56. The van der Waals surface area contributed by atoms with Crippen LogP contribution < -0.4 is 10.9 Å². The molecular formula is C27H25FN4O4S. The fourth-order valence-electron chi connectivity index (χ4n) is 4.34. The second kappa shape index (κ2) is 8.88. The van der Waals surface area contributed by atoms with E-state index in [0.717, 1.165) is 19.1 Å². The largest absolute Gasteiger partial charge is 0.349 e. The quantitative estimate of drug-likeness (QED) is 0.410. The fourth-order valence-corrected chi connectivity index (χ4v) is 5.04. The molecule has 10 heteroatoms. The van der Waals surface area contributed by atoms with E-state index in [2.05, 4.69) is 20.5 Å². The average molecular weight is 521 g/mol. The van der Waals surface area contributed by atoms with Gasteiger partial charge in [0.1, 0.15) is 11.5 Å². The minimum atomic E-state index is -3.39. The minimum absolute atomic E-state index is 0.110. The van der Waals surface area contributed by atoms with Gasteiger partial charge >= 0.3 is 0 Å². The van der Waals surface area contributed by atoms with Crippen molar-refractivity contribution in [2.75, 3.05) is 6.26 Å². The van der Waals surface area contributed by atoms with Crippen LogP contribution in [0.5, 0.6) is 0 Å². The number of fused-ring (bicyclic) bond motifs is 1. The van der Waals surface area contributed by atoms with Crippen LogP contribution in [-0.4, -0.2) is 41.8 Å². The molecule has 1 aliphatic carbocycles. The number of carbonyl (C=O) groups excluding carboxylic acids is 1. The number of H-pyrrole nitrogens is 1. The lowest BCUT2D eigenvalue weighted by atomic mass is 9.96. The van der Waals surface area contributed by atoms with Gasteiger partial charge in [0.05, 0.1) is 16.1 Å². The molecule has 0 saturated heterocycles. The first-order valence-electron chi connectivity index (χ1n) is 11.8.